The second kappa shape index (κ2) is 4.95. The molecule has 3 nitrogen and oxygen atoms in total. The summed E-state index contributed by atoms with van der Waals surface area (Å²) in [6.07, 6.45) is 0. The molecule has 5 heteroatoms. The summed E-state index contributed by atoms with van der Waals surface area (Å²) in [5.74, 6) is -0.630. The van der Waals surface area contributed by atoms with Crippen LogP contribution in [0.3, 0.4) is 0 Å². The van der Waals surface area contributed by atoms with Crippen LogP contribution in [-0.4, -0.2) is 22.8 Å². The van der Waals surface area contributed by atoms with Crippen molar-refractivity contribution in [1.82, 2.24) is 0 Å². The van der Waals surface area contributed by atoms with Crippen LogP contribution >= 0.6 is 0 Å². The Morgan fingerprint density at radius 3 is 2.44 bits per heavy atom. The van der Waals surface area contributed by atoms with E-state index in [4.69, 9.17) is 14.8 Å². The van der Waals surface area contributed by atoms with E-state index in [-0.39, 0.29) is 11.1 Å². The van der Waals surface area contributed by atoms with E-state index < -0.39 is 12.9 Å². The van der Waals surface area contributed by atoms with Gasteiger partial charge in [-0.2, -0.15) is 0 Å². The van der Waals surface area contributed by atoms with Gasteiger partial charge < -0.3 is 14.8 Å². The van der Waals surface area contributed by atoms with Gasteiger partial charge in [-0.3, -0.25) is 0 Å². The number of rotatable bonds is 3. The van der Waals surface area contributed by atoms with Crippen molar-refractivity contribution >= 4 is 12.6 Å². The fourth-order valence-electron chi connectivity index (χ4n) is 1.18. The molecule has 0 aliphatic heterocycles. The summed E-state index contributed by atoms with van der Waals surface area (Å²) >= 11 is 0. The van der Waals surface area contributed by atoms with E-state index in [2.05, 4.69) is 0 Å². The van der Waals surface area contributed by atoms with Crippen LogP contribution in [0.15, 0.2) is 18.2 Å². The van der Waals surface area contributed by atoms with Crippen LogP contribution in [0.25, 0.3) is 0 Å². The van der Waals surface area contributed by atoms with E-state index in [1.165, 1.54) is 12.1 Å². The minimum absolute atomic E-state index is 0.130. The third-order valence-corrected chi connectivity index (χ3v) is 2.01. The molecule has 0 aromatic heterocycles. The molecule has 0 amide bonds. The van der Waals surface area contributed by atoms with Gasteiger partial charge in [0, 0.05) is 5.46 Å². The zero-order valence-electron chi connectivity index (χ0n) is 9.70. The Labute approximate surface area is 95.0 Å². The molecule has 88 valence electrons. The molecule has 0 heterocycles. The predicted octanol–water partition coefficient (Wildman–Crippen LogP) is 0.821. The normalized spacial score (nSPS) is 11.6. The number of ether oxygens (including phenoxy) is 1. The van der Waals surface area contributed by atoms with E-state index in [0.29, 0.717) is 12.2 Å². The molecule has 16 heavy (non-hydrogen) atoms. The molecule has 0 spiro atoms. The Bertz CT molecular complexity index is 361. The van der Waals surface area contributed by atoms with Crippen LogP contribution in [0.5, 0.6) is 0 Å². The smallest absolute Gasteiger partial charge is 0.423 e. The summed E-state index contributed by atoms with van der Waals surface area (Å²) in [6, 6.07) is 4.16. The van der Waals surface area contributed by atoms with Gasteiger partial charge >= 0.3 is 7.12 Å². The Morgan fingerprint density at radius 2 is 1.94 bits per heavy atom. The molecular formula is C11H16BFO3. The van der Waals surface area contributed by atoms with Gasteiger partial charge in [0.15, 0.2) is 0 Å². The first-order chi connectivity index (χ1) is 7.29. The summed E-state index contributed by atoms with van der Waals surface area (Å²) in [4.78, 5) is 0. The number of benzene rings is 1. The Morgan fingerprint density at radius 1 is 1.31 bits per heavy atom. The van der Waals surface area contributed by atoms with Crippen molar-refractivity contribution in [2.75, 3.05) is 0 Å². The summed E-state index contributed by atoms with van der Waals surface area (Å²) in [7, 11) is -1.80. The average molecular weight is 226 g/mol. The van der Waals surface area contributed by atoms with Gasteiger partial charge in [-0.05, 0) is 32.4 Å². The van der Waals surface area contributed by atoms with E-state index in [9.17, 15) is 4.39 Å². The number of hydrogen-bond donors (Lipinski definition) is 2. The second-order valence-corrected chi connectivity index (χ2v) is 4.63. The predicted molar refractivity (Wildman–Crippen MR) is 60.8 cm³/mol. The van der Waals surface area contributed by atoms with Gasteiger partial charge in [0.2, 0.25) is 0 Å². The molecular weight excluding hydrogens is 210 g/mol. The Hall–Kier alpha value is -0.905. The zero-order chi connectivity index (χ0) is 12.3. The second-order valence-electron chi connectivity index (χ2n) is 4.63. The minimum Gasteiger partial charge on any atom is -0.423 e. The zero-order valence-corrected chi connectivity index (χ0v) is 9.70. The summed E-state index contributed by atoms with van der Waals surface area (Å²) < 4.78 is 18.6. The maximum Gasteiger partial charge on any atom is 0.491 e. The number of halogens is 1. The van der Waals surface area contributed by atoms with Crippen LogP contribution in [0, 0.1) is 5.82 Å². The van der Waals surface area contributed by atoms with Gasteiger partial charge in [0.05, 0.1) is 12.2 Å². The topological polar surface area (TPSA) is 49.7 Å². The molecule has 0 atom stereocenters. The van der Waals surface area contributed by atoms with Crippen LogP contribution in [-0.2, 0) is 11.3 Å². The molecule has 0 bridgehead atoms. The Kier molecular flexibility index (Phi) is 4.07. The molecule has 0 saturated heterocycles. The maximum absolute atomic E-state index is 13.1. The highest BCUT2D eigenvalue weighted by Gasteiger charge is 2.17. The average Bonchev–Trinajstić information content (AvgIpc) is 2.14. The molecule has 0 unspecified atom stereocenters. The van der Waals surface area contributed by atoms with Crippen molar-refractivity contribution in [3.8, 4) is 0 Å². The van der Waals surface area contributed by atoms with Crippen LogP contribution in [0.1, 0.15) is 26.3 Å². The lowest BCUT2D eigenvalue weighted by molar-refractivity contribution is -0.0149. The van der Waals surface area contributed by atoms with Crippen LogP contribution in [0.4, 0.5) is 4.39 Å². The summed E-state index contributed by atoms with van der Waals surface area (Å²) in [5, 5.41) is 17.9. The van der Waals surface area contributed by atoms with Crippen molar-refractivity contribution in [2.45, 2.75) is 33.0 Å². The first-order valence-corrected chi connectivity index (χ1v) is 5.08. The van der Waals surface area contributed by atoms with E-state index in [1.807, 2.05) is 20.8 Å². The molecule has 1 aromatic rings. The molecule has 0 radical (unpaired) electrons. The van der Waals surface area contributed by atoms with Gasteiger partial charge in [-0.15, -0.1) is 0 Å². The molecule has 0 saturated carbocycles. The first-order valence-electron chi connectivity index (χ1n) is 5.08. The fourth-order valence-corrected chi connectivity index (χ4v) is 1.18. The van der Waals surface area contributed by atoms with Gasteiger partial charge in [0.25, 0.3) is 0 Å². The van der Waals surface area contributed by atoms with Gasteiger partial charge in [-0.25, -0.2) is 4.39 Å². The highest BCUT2D eigenvalue weighted by atomic mass is 19.1. The molecule has 1 rings (SSSR count). The van der Waals surface area contributed by atoms with Crippen LogP contribution in [0.2, 0.25) is 0 Å². The summed E-state index contributed by atoms with van der Waals surface area (Å²) in [5.41, 5.74) is 0.293. The van der Waals surface area contributed by atoms with Crippen molar-refractivity contribution in [1.29, 1.82) is 0 Å². The van der Waals surface area contributed by atoms with E-state index >= 15 is 0 Å². The van der Waals surface area contributed by atoms with E-state index in [1.54, 1.807) is 6.07 Å². The van der Waals surface area contributed by atoms with Crippen LogP contribution < -0.4 is 5.46 Å². The standard InChI is InChI=1S/C11H16BFO3/c1-11(2,3)16-7-8-4-5-10(13)9(6-8)12(14)15/h4-6,14-15H,7H2,1-3H3. The molecule has 0 aliphatic carbocycles. The monoisotopic (exact) mass is 226 g/mol. The molecule has 0 fully saturated rings. The summed E-state index contributed by atoms with van der Waals surface area (Å²) in [6.45, 7) is 6.05. The van der Waals surface area contributed by atoms with Crippen molar-refractivity contribution in [3.63, 3.8) is 0 Å². The highest BCUT2D eigenvalue weighted by Crippen LogP contribution is 2.11. The lowest BCUT2D eigenvalue weighted by Gasteiger charge is -2.19. The lowest BCUT2D eigenvalue weighted by Crippen LogP contribution is -2.33. The van der Waals surface area contributed by atoms with Crippen molar-refractivity contribution in [2.24, 2.45) is 0 Å². The van der Waals surface area contributed by atoms with Gasteiger partial charge in [-0.1, -0.05) is 12.1 Å². The third kappa shape index (κ3) is 3.92. The minimum atomic E-state index is -1.80. The van der Waals surface area contributed by atoms with Crippen molar-refractivity contribution < 1.29 is 19.2 Å². The molecule has 2 N–H and O–H groups in total. The maximum atomic E-state index is 13.1. The SMILES string of the molecule is CC(C)(C)OCc1ccc(F)c(B(O)O)c1. The third-order valence-electron chi connectivity index (χ3n) is 2.01. The lowest BCUT2D eigenvalue weighted by atomic mass is 9.79. The quantitative estimate of drug-likeness (QED) is 0.750. The molecule has 1 aromatic carbocycles. The fraction of sp³-hybridized carbons (Fsp3) is 0.455. The number of hydrogen-bond acceptors (Lipinski definition) is 3. The molecule has 0 aliphatic rings. The highest BCUT2D eigenvalue weighted by molar-refractivity contribution is 6.58. The van der Waals surface area contributed by atoms with E-state index in [0.717, 1.165) is 0 Å². The Balaban J connectivity index is 2.79. The first kappa shape index (κ1) is 13.2. The van der Waals surface area contributed by atoms with Crippen molar-refractivity contribution in [3.05, 3.63) is 29.6 Å². The largest absolute Gasteiger partial charge is 0.491 e. The van der Waals surface area contributed by atoms with Gasteiger partial charge in [0.1, 0.15) is 5.82 Å².